The summed E-state index contributed by atoms with van der Waals surface area (Å²) >= 11 is 0. The molecular weight excluding hydrogens is 382 g/mol. The number of anilines is 2. The molecule has 0 atom stereocenters. The van der Waals surface area contributed by atoms with Gasteiger partial charge in [0, 0.05) is 46.5 Å². The first-order chi connectivity index (χ1) is 15.3. The maximum Gasteiger partial charge on any atom is 0.127 e. The van der Waals surface area contributed by atoms with E-state index in [0.29, 0.717) is 6.54 Å². The zero-order valence-corrected chi connectivity index (χ0v) is 16.9. The molecule has 0 saturated carbocycles. The molecule has 0 radical (unpaired) electrons. The lowest BCUT2D eigenvalue weighted by Crippen LogP contribution is -2.23. The molecule has 5 heteroatoms. The fraction of sp³-hybridized carbons (Fsp3) is 0.0769. The lowest BCUT2D eigenvalue weighted by atomic mass is 10.0. The number of nitrogens with one attached hydrogen (secondary N) is 2. The van der Waals surface area contributed by atoms with Crippen molar-refractivity contribution in [2.75, 3.05) is 10.6 Å². The fourth-order valence-corrected chi connectivity index (χ4v) is 4.31. The van der Waals surface area contributed by atoms with Gasteiger partial charge in [-0.05, 0) is 35.2 Å². The molecule has 0 amide bonds. The molecule has 1 aliphatic rings. The van der Waals surface area contributed by atoms with E-state index in [4.69, 9.17) is 5.10 Å². The Morgan fingerprint density at radius 3 is 2.29 bits per heavy atom. The molecule has 150 valence electrons. The number of rotatable bonds is 4. The zero-order valence-electron chi connectivity index (χ0n) is 16.9. The lowest BCUT2D eigenvalue weighted by molar-refractivity contribution is 0.687. The SMILES string of the molecule is c1ccc(Cn2cc(C3Nc4cccc5cccc(c45)N3)c(-c3cccnc3)n2)cc1. The van der Waals surface area contributed by atoms with Crippen LogP contribution in [0.15, 0.2) is 97.5 Å². The molecular formula is C26H21N5. The molecule has 6 rings (SSSR count). The molecule has 2 aromatic heterocycles. The standard InChI is InChI=1S/C26H21N5/c1-2-7-18(8-3-1)16-31-17-21(25(30-31)20-11-6-14-27-15-20)26-28-22-12-4-9-19-10-5-13-23(29-26)24(19)22/h1-15,17,26,28-29H,16H2. The lowest BCUT2D eigenvalue weighted by Gasteiger charge is -2.29. The highest BCUT2D eigenvalue weighted by Crippen LogP contribution is 2.40. The Labute approximate surface area is 180 Å². The molecule has 1 aliphatic heterocycles. The molecule has 5 aromatic rings. The van der Waals surface area contributed by atoms with Crippen molar-refractivity contribution in [3.05, 3.63) is 109 Å². The van der Waals surface area contributed by atoms with Gasteiger partial charge in [-0.3, -0.25) is 9.67 Å². The van der Waals surface area contributed by atoms with E-state index in [-0.39, 0.29) is 6.17 Å². The summed E-state index contributed by atoms with van der Waals surface area (Å²) in [5.41, 5.74) is 6.50. The van der Waals surface area contributed by atoms with Crippen LogP contribution in [0.1, 0.15) is 17.3 Å². The van der Waals surface area contributed by atoms with E-state index >= 15 is 0 Å². The zero-order chi connectivity index (χ0) is 20.6. The minimum atomic E-state index is -0.0970. The van der Waals surface area contributed by atoms with Crippen LogP contribution in [0, 0.1) is 0 Å². The Balaban J connectivity index is 1.44. The van der Waals surface area contributed by atoms with Crippen molar-refractivity contribution in [3.63, 3.8) is 0 Å². The highest BCUT2D eigenvalue weighted by molar-refractivity contribution is 6.04. The fourth-order valence-electron chi connectivity index (χ4n) is 4.31. The molecule has 0 aliphatic carbocycles. The van der Waals surface area contributed by atoms with Crippen molar-refractivity contribution in [1.82, 2.24) is 14.8 Å². The summed E-state index contributed by atoms with van der Waals surface area (Å²) in [5, 5.41) is 14.8. The molecule has 2 N–H and O–H groups in total. The maximum atomic E-state index is 4.95. The van der Waals surface area contributed by atoms with Gasteiger partial charge in [0.1, 0.15) is 11.9 Å². The molecule has 0 spiro atoms. The van der Waals surface area contributed by atoms with Crippen LogP contribution in [-0.2, 0) is 6.54 Å². The molecule has 5 nitrogen and oxygen atoms in total. The first-order valence-electron chi connectivity index (χ1n) is 10.4. The molecule has 0 saturated heterocycles. The first kappa shape index (κ1) is 17.7. The topological polar surface area (TPSA) is 54.8 Å². The summed E-state index contributed by atoms with van der Waals surface area (Å²) < 4.78 is 2.01. The normalized spacial score (nSPS) is 13.0. The van der Waals surface area contributed by atoms with Crippen LogP contribution in [-0.4, -0.2) is 14.8 Å². The van der Waals surface area contributed by atoms with E-state index in [1.54, 1.807) is 6.20 Å². The minimum absolute atomic E-state index is 0.0970. The van der Waals surface area contributed by atoms with Crippen molar-refractivity contribution < 1.29 is 0 Å². The van der Waals surface area contributed by atoms with Gasteiger partial charge in [0.25, 0.3) is 0 Å². The van der Waals surface area contributed by atoms with Gasteiger partial charge in [0.15, 0.2) is 0 Å². The smallest absolute Gasteiger partial charge is 0.127 e. The summed E-state index contributed by atoms with van der Waals surface area (Å²) in [6, 6.07) is 27.2. The van der Waals surface area contributed by atoms with Crippen LogP contribution in [0.25, 0.3) is 22.0 Å². The average molecular weight is 403 g/mol. The maximum absolute atomic E-state index is 4.95. The van der Waals surface area contributed by atoms with Gasteiger partial charge < -0.3 is 10.6 Å². The van der Waals surface area contributed by atoms with Crippen LogP contribution in [0.3, 0.4) is 0 Å². The quantitative estimate of drug-likeness (QED) is 0.405. The monoisotopic (exact) mass is 403 g/mol. The number of aromatic nitrogens is 3. The summed E-state index contributed by atoms with van der Waals surface area (Å²) in [7, 11) is 0. The number of hydrogen-bond acceptors (Lipinski definition) is 4. The second-order valence-electron chi connectivity index (χ2n) is 7.79. The van der Waals surface area contributed by atoms with Crippen molar-refractivity contribution in [3.8, 4) is 11.3 Å². The van der Waals surface area contributed by atoms with Gasteiger partial charge in [-0.2, -0.15) is 5.10 Å². The third-order valence-corrected chi connectivity index (χ3v) is 5.73. The molecule has 0 unspecified atom stereocenters. The van der Waals surface area contributed by atoms with Gasteiger partial charge in [-0.1, -0.05) is 54.6 Å². The first-order valence-corrected chi connectivity index (χ1v) is 10.4. The molecule has 0 fully saturated rings. The minimum Gasteiger partial charge on any atom is -0.361 e. The van der Waals surface area contributed by atoms with Crippen LogP contribution >= 0.6 is 0 Å². The van der Waals surface area contributed by atoms with Crippen LogP contribution in [0.2, 0.25) is 0 Å². The Morgan fingerprint density at radius 1 is 0.806 bits per heavy atom. The van der Waals surface area contributed by atoms with E-state index in [2.05, 4.69) is 88.5 Å². The third-order valence-electron chi connectivity index (χ3n) is 5.73. The van der Waals surface area contributed by atoms with E-state index in [1.165, 1.54) is 16.3 Å². The molecule has 3 aromatic carbocycles. The predicted octanol–water partition coefficient (Wildman–Crippen LogP) is 5.68. The predicted molar refractivity (Wildman–Crippen MR) is 125 cm³/mol. The Morgan fingerprint density at radius 2 is 1.58 bits per heavy atom. The van der Waals surface area contributed by atoms with Crippen molar-refractivity contribution in [1.29, 1.82) is 0 Å². The molecule has 31 heavy (non-hydrogen) atoms. The third kappa shape index (κ3) is 3.20. The molecule has 0 bridgehead atoms. The second-order valence-corrected chi connectivity index (χ2v) is 7.79. The van der Waals surface area contributed by atoms with E-state index in [9.17, 15) is 0 Å². The number of pyridine rings is 1. The second kappa shape index (κ2) is 7.29. The van der Waals surface area contributed by atoms with Gasteiger partial charge in [-0.15, -0.1) is 0 Å². The number of nitrogens with zero attached hydrogens (tertiary/aromatic N) is 3. The Bertz CT molecular complexity index is 1320. The Hall–Kier alpha value is -4.12. The summed E-state index contributed by atoms with van der Waals surface area (Å²) in [6.07, 6.45) is 5.70. The molecule has 3 heterocycles. The average Bonchev–Trinajstić information content (AvgIpc) is 3.24. The van der Waals surface area contributed by atoms with E-state index < -0.39 is 0 Å². The van der Waals surface area contributed by atoms with Crippen LogP contribution in [0.5, 0.6) is 0 Å². The van der Waals surface area contributed by atoms with Crippen molar-refractivity contribution >= 4 is 22.1 Å². The van der Waals surface area contributed by atoms with Gasteiger partial charge in [0.05, 0.1) is 6.54 Å². The summed E-state index contributed by atoms with van der Waals surface area (Å²) in [4.78, 5) is 4.32. The van der Waals surface area contributed by atoms with E-state index in [0.717, 1.165) is 28.2 Å². The van der Waals surface area contributed by atoms with Gasteiger partial charge in [-0.25, -0.2) is 0 Å². The highest BCUT2D eigenvalue weighted by atomic mass is 15.3. The van der Waals surface area contributed by atoms with Crippen LogP contribution in [0.4, 0.5) is 11.4 Å². The van der Waals surface area contributed by atoms with Gasteiger partial charge in [0.2, 0.25) is 0 Å². The summed E-state index contributed by atoms with van der Waals surface area (Å²) in [6.45, 7) is 0.715. The Kier molecular flexibility index (Phi) is 4.17. The van der Waals surface area contributed by atoms with Crippen molar-refractivity contribution in [2.24, 2.45) is 0 Å². The van der Waals surface area contributed by atoms with Gasteiger partial charge >= 0.3 is 0 Å². The van der Waals surface area contributed by atoms with Crippen molar-refractivity contribution in [2.45, 2.75) is 12.7 Å². The summed E-state index contributed by atoms with van der Waals surface area (Å²) in [5.74, 6) is 0. The van der Waals surface area contributed by atoms with E-state index in [1.807, 2.05) is 23.0 Å². The largest absolute Gasteiger partial charge is 0.361 e. The van der Waals surface area contributed by atoms with Crippen LogP contribution < -0.4 is 10.6 Å². The number of benzene rings is 3. The number of hydrogen-bond donors (Lipinski definition) is 2. The highest BCUT2D eigenvalue weighted by Gasteiger charge is 2.25.